The quantitative estimate of drug-likeness (QED) is 0.618. The van der Waals surface area contributed by atoms with Gasteiger partial charge in [0.15, 0.2) is 11.5 Å². The van der Waals surface area contributed by atoms with Crippen LogP contribution in [0, 0.1) is 18.6 Å². The summed E-state index contributed by atoms with van der Waals surface area (Å²) >= 11 is 5.19. The van der Waals surface area contributed by atoms with Crippen molar-refractivity contribution in [3.05, 3.63) is 69.8 Å². The highest BCUT2D eigenvalue weighted by Gasteiger charge is 2.08. The second-order valence-electron chi connectivity index (χ2n) is 5.95. The normalized spacial score (nSPS) is 10.6. The Labute approximate surface area is 157 Å². The maximum absolute atomic E-state index is 5.96. The van der Waals surface area contributed by atoms with E-state index in [-0.39, 0.29) is 0 Å². The van der Waals surface area contributed by atoms with Gasteiger partial charge in [0.05, 0.1) is 13.7 Å². The Kier molecular flexibility index (Phi) is 5.58. The van der Waals surface area contributed by atoms with Crippen LogP contribution in [0.25, 0.3) is 0 Å². The summed E-state index contributed by atoms with van der Waals surface area (Å²) < 4.78 is 13.7. The number of rotatable bonds is 7. The summed E-state index contributed by atoms with van der Waals surface area (Å²) in [4.78, 5) is 0. The zero-order chi connectivity index (χ0) is 18.5. The molecule has 2 aromatic carbocycles. The summed E-state index contributed by atoms with van der Waals surface area (Å²) in [6, 6.07) is 14.1. The van der Waals surface area contributed by atoms with Crippen LogP contribution in [-0.2, 0) is 13.2 Å². The highest BCUT2D eigenvalue weighted by molar-refractivity contribution is 7.71. The number of ether oxygens (including phenoxy) is 2. The van der Waals surface area contributed by atoms with Gasteiger partial charge < -0.3 is 14.9 Å². The van der Waals surface area contributed by atoms with Gasteiger partial charge in [0.2, 0.25) is 4.77 Å². The first kappa shape index (κ1) is 18.0. The van der Waals surface area contributed by atoms with Gasteiger partial charge in [0, 0.05) is 0 Å². The van der Waals surface area contributed by atoms with E-state index in [1.54, 1.807) is 11.8 Å². The largest absolute Gasteiger partial charge is 0.493 e. The molecule has 1 heterocycles. The third kappa shape index (κ3) is 4.05. The minimum absolute atomic E-state index is 0.504. The van der Waals surface area contributed by atoms with Gasteiger partial charge in [-0.05, 0) is 54.9 Å². The molecule has 0 aliphatic heterocycles. The molecule has 6 nitrogen and oxygen atoms in total. The van der Waals surface area contributed by atoms with Gasteiger partial charge in [-0.2, -0.15) is 5.10 Å². The van der Waals surface area contributed by atoms with E-state index in [9.17, 15) is 0 Å². The van der Waals surface area contributed by atoms with Gasteiger partial charge in [-0.1, -0.05) is 30.3 Å². The fraction of sp³-hybridized carbons (Fsp3) is 0.263. The Morgan fingerprint density at radius 1 is 1.15 bits per heavy atom. The number of H-pyrrole nitrogens is 1. The Morgan fingerprint density at radius 2 is 1.96 bits per heavy atom. The van der Waals surface area contributed by atoms with Crippen LogP contribution in [0.5, 0.6) is 11.5 Å². The smallest absolute Gasteiger partial charge is 0.214 e. The molecule has 3 aromatic rings. The van der Waals surface area contributed by atoms with Crippen LogP contribution in [0.4, 0.5) is 0 Å². The van der Waals surface area contributed by atoms with Gasteiger partial charge in [0.25, 0.3) is 0 Å². The second kappa shape index (κ2) is 8.05. The van der Waals surface area contributed by atoms with E-state index < -0.39 is 0 Å². The highest BCUT2D eigenvalue weighted by atomic mass is 32.1. The Balaban J connectivity index is 1.69. The van der Waals surface area contributed by atoms with Crippen LogP contribution in [0.15, 0.2) is 42.5 Å². The topological polar surface area (TPSA) is 64.1 Å². The molecule has 136 valence electrons. The first-order valence-corrected chi connectivity index (χ1v) is 8.71. The van der Waals surface area contributed by atoms with E-state index in [0.29, 0.717) is 23.7 Å². The van der Waals surface area contributed by atoms with E-state index in [1.165, 1.54) is 5.56 Å². The van der Waals surface area contributed by atoms with Crippen molar-refractivity contribution >= 4 is 12.2 Å². The second-order valence-corrected chi connectivity index (χ2v) is 6.33. The average molecular weight is 370 g/mol. The lowest BCUT2D eigenvalue weighted by Gasteiger charge is -2.14. The van der Waals surface area contributed by atoms with Crippen molar-refractivity contribution in [3.8, 4) is 11.5 Å². The molecule has 26 heavy (non-hydrogen) atoms. The molecule has 0 bridgehead atoms. The minimum Gasteiger partial charge on any atom is -0.493 e. The first-order chi connectivity index (χ1) is 12.6. The number of methoxy groups -OCH3 is 1. The lowest BCUT2D eigenvalue weighted by atomic mass is 10.1. The molecule has 1 aromatic heterocycles. The monoisotopic (exact) mass is 370 g/mol. The van der Waals surface area contributed by atoms with Crippen LogP contribution in [0.3, 0.4) is 0 Å². The van der Waals surface area contributed by atoms with Crippen molar-refractivity contribution in [2.24, 2.45) is 0 Å². The fourth-order valence-corrected chi connectivity index (χ4v) is 2.84. The summed E-state index contributed by atoms with van der Waals surface area (Å²) in [5.74, 6) is 2.20. The number of hydrogen-bond acceptors (Lipinski definition) is 5. The number of aromatic nitrogens is 3. The lowest BCUT2D eigenvalue weighted by molar-refractivity contribution is 0.283. The number of aryl methyl sites for hydroxylation is 2. The summed E-state index contributed by atoms with van der Waals surface area (Å²) in [6.07, 6.45) is 0. The standard InChI is InChI=1S/C19H22N4O2S/c1-13-6-4-5-7-16(13)12-25-17-9-8-15(10-18(17)24-3)11-20-23-14(2)21-22-19(23)26/h4-10,20H,11-12H2,1-3H3,(H,22,26). The van der Waals surface area contributed by atoms with Gasteiger partial charge in [0.1, 0.15) is 12.4 Å². The summed E-state index contributed by atoms with van der Waals surface area (Å²) in [5.41, 5.74) is 6.65. The van der Waals surface area contributed by atoms with Crippen molar-refractivity contribution in [2.45, 2.75) is 27.0 Å². The first-order valence-electron chi connectivity index (χ1n) is 8.30. The summed E-state index contributed by atoms with van der Waals surface area (Å²) in [6.45, 7) is 5.04. The molecule has 0 aliphatic rings. The van der Waals surface area contributed by atoms with E-state index in [4.69, 9.17) is 21.7 Å². The van der Waals surface area contributed by atoms with Crippen molar-refractivity contribution in [2.75, 3.05) is 12.5 Å². The molecular weight excluding hydrogens is 348 g/mol. The Hall–Kier alpha value is -2.80. The van der Waals surface area contributed by atoms with Crippen LogP contribution < -0.4 is 14.9 Å². The molecule has 7 heteroatoms. The number of nitrogens with one attached hydrogen (secondary N) is 2. The van der Waals surface area contributed by atoms with Crippen LogP contribution in [0.2, 0.25) is 0 Å². The maximum Gasteiger partial charge on any atom is 0.214 e. The van der Waals surface area contributed by atoms with Crippen LogP contribution in [0.1, 0.15) is 22.5 Å². The molecule has 0 aliphatic carbocycles. The van der Waals surface area contributed by atoms with Gasteiger partial charge >= 0.3 is 0 Å². The van der Waals surface area contributed by atoms with Crippen molar-refractivity contribution < 1.29 is 9.47 Å². The number of nitrogens with zero attached hydrogens (tertiary/aromatic N) is 2. The molecule has 0 radical (unpaired) electrons. The third-order valence-electron chi connectivity index (χ3n) is 4.15. The minimum atomic E-state index is 0.504. The predicted molar refractivity (Wildman–Crippen MR) is 104 cm³/mol. The molecular formula is C19H22N4O2S. The van der Waals surface area contributed by atoms with Gasteiger partial charge in [-0.15, -0.1) is 0 Å². The summed E-state index contributed by atoms with van der Waals surface area (Å²) in [5, 5.41) is 6.83. The molecule has 0 spiro atoms. The van der Waals surface area contributed by atoms with E-state index >= 15 is 0 Å². The number of benzene rings is 2. The number of aromatic amines is 1. The van der Waals surface area contributed by atoms with Crippen LogP contribution >= 0.6 is 12.2 Å². The third-order valence-corrected chi connectivity index (χ3v) is 4.43. The van der Waals surface area contributed by atoms with E-state index in [2.05, 4.69) is 34.7 Å². The molecule has 2 N–H and O–H groups in total. The summed E-state index contributed by atoms with van der Waals surface area (Å²) in [7, 11) is 1.64. The molecule has 0 unspecified atom stereocenters. The molecule has 0 amide bonds. The van der Waals surface area contributed by atoms with Gasteiger partial charge in [-0.25, -0.2) is 4.68 Å². The van der Waals surface area contributed by atoms with E-state index in [1.807, 2.05) is 37.3 Å². The number of hydrogen-bond donors (Lipinski definition) is 2. The fourth-order valence-electron chi connectivity index (χ4n) is 2.60. The van der Waals surface area contributed by atoms with Crippen molar-refractivity contribution in [1.82, 2.24) is 14.9 Å². The van der Waals surface area contributed by atoms with Crippen molar-refractivity contribution in [3.63, 3.8) is 0 Å². The molecule has 0 fully saturated rings. The molecule has 3 rings (SSSR count). The lowest BCUT2D eigenvalue weighted by Crippen LogP contribution is -2.16. The van der Waals surface area contributed by atoms with Crippen LogP contribution in [-0.4, -0.2) is 22.0 Å². The molecule has 0 atom stereocenters. The average Bonchev–Trinajstić information content (AvgIpc) is 2.97. The molecule has 0 saturated carbocycles. The Morgan fingerprint density at radius 3 is 2.65 bits per heavy atom. The zero-order valence-electron chi connectivity index (χ0n) is 15.1. The SMILES string of the molecule is COc1cc(CNn2c(C)n[nH]c2=S)ccc1OCc1ccccc1C. The molecule has 0 saturated heterocycles. The Bertz CT molecular complexity index is 949. The zero-order valence-corrected chi connectivity index (χ0v) is 15.9. The van der Waals surface area contributed by atoms with Gasteiger partial charge in [-0.3, -0.25) is 5.10 Å². The van der Waals surface area contributed by atoms with Crippen molar-refractivity contribution in [1.29, 1.82) is 0 Å². The van der Waals surface area contributed by atoms with E-state index in [0.717, 1.165) is 22.7 Å². The predicted octanol–water partition coefficient (Wildman–Crippen LogP) is 3.89. The highest BCUT2D eigenvalue weighted by Crippen LogP contribution is 2.29. The maximum atomic E-state index is 5.96.